The molecular weight excluding hydrogens is 296 g/mol. The van der Waals surface area contributed by atoms with Gasteiger partial charge in [-0.1, -0.05) is 11.6 Å². The molecule has 114 valence electrons. The maximum absolute atomic E-state index is 12.5. The molecule has 0 spiro atoms. The summed E-state index contributed by atoms with van der Waals surface area (Å²) in [5, 5.41) is 10.5. The van der Waals surface area contributed by atoms with Crippen LogP contribution in [-0.4, -0.2) is 21.1 Å². The number of aromatic nitrogens is 3. The van der Waals surface area contributed by atoms with Crippen molar-refractivity contribution in [1.29, 1.82) is 0 Å². The average molecular weight is 308 g/mol. The van der Waals surface area contributed by atoms with Gasteiger partial charge in [0.25, 0.3) is 5.91 Å². The molecule has 0 atom stereocenters. The Morgan fingerprint density at radius 3 is 2.91 bits per heavy atom. The first-order chi connectivity index (χ1) is 11.1. The molecule has 0 saturated carbocycles. The van der Waals surface area contributed by atoms with Gasteiger partial charge >= 0.3 is 5.76 Å². The van der Waals surface area contributed by atoms with Crippen LogP contribution in [0, 0.1) is 6.92 Å². The number of aryl methyl sites for hydroxylation is 1. The molecule has 0 aliphatic carbocycles. The Hall–Kier alpha value is -3.35. The van der Waals surface area contributed by atoms with Crippen molar-refractivity contribution in [3.63, 3.8) is 0 Å². The minimum Gasteiger partial charge on any atom is -0.408 e. The number of hydrogen-bond acceptors (Lipinski definition) is 4. The van der Waals surface area contributed by atoms with E-state index in [1.807, 2.05) is 25.1 Å². The van der Waals surface area contributed by atoms with Gasteiger partial charge in [0.1, 0.15) is 0 Å². The molecule has 23 heavy (non-hydrogen) atoms. The zero-order valence-corrected chi connectivity index (χ0v) is 12.1. The number of carbonyl (C=O) groups excluding carboxylic acids is 1. The number of carbonyl (C=O) groups is 1. The molecule has 4 rings (SSSR count). The number of anilines is 1. The molecule has 7 heteroatoms. The highest BCUT2D eigenvalue weighted by Gasteiger charge is 2.15. The van der Waals surface area contributed by atoms with Crippen LogP contribution >= 0.6 is 0 Å². The first kappa shape index (κ1) is 13.3. The van der Waals surface area contributed by atoms with Gasteiger partial charge in [-0.15, -0.1) is 0 Å². The lowest BCUT2D eigenvalue weighted by Crippen LogP contribution is -2.12. The van der Waals surface area contributed by atoms with E-state index in [1.165, 1.54) is 0 Å². The van der Waals surface area contributed by atoms with Crippen LogP contribution in [0.25, 0.3) is 22.0 Å². The SMILES string of the molecule is Cc1ccc2[nH]nc(C(=O)Nc3ccc4oc(=O)[nH]c4c3)c2c1. The molecule has 2 aromatic carbocycles. The number of rotatable bonds is 2. The monoisotopic (exact) mass is 308 g/mol. The molecule has 0 bridgehead atoms. The lowest BCUT2D eigenvalue weighted by Gasteiger charge is -2.03. The second-order valence-corrected chi connectivity index (χ2v) is 5.30. The Morgan fingerprint density at radius 1 is 1.17 bits per heavy atom. The van der Waals surface area contributed by atoms with Crippen molar-refractivity contribution in [2.75, 3.05) is 5.32 Å². The van der Waals surface area contributed by atoms with Crippen LogP contribution in [0.1, 0.15) is 16.1 Å². The van der Waals surface area contributed by atoms with Gasteiger partial charge in [0.2, 0.25) is 0 Å². The first-order valence-electron chi connectivity index (χ1n) is 6.99. The number of amides is 1. The zero-order valence-electron chi connectivity index (χ0n) is 12.1. The average Bonchev–Trinajstić information content (AvgIpc) is 3.08. The minimum absolute atomic E-state index is 0.324. The molecule has 2 aromatic heterocycles. The maximum atomic E-state index is 12.5. The fourth-order valence-corrected chi connectivity index (χ4v) is 2.52. The van der Waals surface area contributed by atoms with E-state index in [0.29, 0.717) is 22.5 Å². The van der Waals surface area contributed by atoms with E-state index in [9.17, 15) is 9.59 Å². The van der Waals surface area contributed by atoms with Crippen LogP contribution in [0.5, 0.6) is 0 Å². The number of aromatic amines is 2. The summed E-state index contributed by atoms with van der Waals surface area (Å²) >= 11 is 0. The van der Waals surface area contributed by atoms with E-state index in [4.69, 9.17) is 4.42 Å². The van der Waals surface area contributed by atoms with Gasteiger partial charge in [-0.25, -0.2) is 4.79 Å². The third-order valence-electron chi connectivity index (χ3n) is 3.61. The third-order valence-corrected chi connectivity index (χ3v) is 3.61. The number of nitrogens with zero attached hydrogens (tertiary/aromatic N) is 1. The van der Waals surface area contributed by atoms with Crippen LogP contribution in [0.4, 0.5) is 5.69 Å². The van der Waals surface area contributed by atoms with Crippen LogP contribution < -0.4 is 11.1 Å². The van der Waals surface area contributed by atoms with Crippen LogP contribution in [-0.2, 0) is 0 Å². The van der Waals surface area contributed by atoms with Gasteiger partial charge < -0.3 is 9.73 Å². The Kier molecular flexibility index (Phi) is 2.80. The van der Waals surface area contributed by atoms with Crippen molar-refractivity contribution in [3.8, 4) is 0 Å². The summed E-state index contributed by atoms with van der Waals surface area (Å²) in [6.45, 7) is 1.96. The number of nitrogens with one attached hydrogen (secondary N) is 3. The molecule has 0 saturated heterocycles. The molecule has 0 unspecified atom stereocenters. The predicted molar refractivity (Wildman–Crippen MR) is 85.6 cm³/mol. The highest BCUT2D eigenvalue weighted by Crippen LogP contribution is 2.20. The van der Waals surface area contributed by atoms with Gasteiger partial charge in [0, 0.05) is 11.1 Å². The maximum Gasteiger partial charge on any atom is 0.417 e. The van der Waals surface area contributed by atoms with Gasteiger partial charge in [-0.2, -0.15) is 5.10 Å². The Labute approximate surface area is 129 Å². The van der Waals surface area contributed by atoms with Crippen molar-refractivity contribution in [2.24, 2.45) is 0 Å². The highest BCUT2D eigenvalue weighted by atomic mass is 16.4. The summed E-state index contributed by atoms with van der Waals surface area (Å²) in [6.07, 6.45) is 0. The van der Waals surface area contributed by atoms with Gasteiger partial charge in [-0.05, 0) is 37.3 Å². The molecule has 0 fully saturated rings. The van der Waals surface area contributed by atoms with Gasteiger partial charge in [0.15, 0.2) is 11.3 Å². The molecule has 0 aliphatic rings. The minimum atomic E-state index is -0.530. The van der Waals surface area contributed by atoms with Crippen LogP contribution in [0.15, 0.2) is 45.6 Å². The molecule has 4 aromatic rings. The number of fused-ring (bicyclic) bond motifs is 2. The predicted octanol–water partition coefficient (Wildman–Crippen LogP) is 2.56. The standard InChI is InChI=1S/C16H12N4O3/c1-8-2-4-11-10(6-8)14(20-19-11)15(21)17-9-3-5-13-12(7-9)18-16(22)23-13/h2-7H,1H3,(H,17,21)(H,18,22)(H,19,20). The lowest BCUT2D eigenvalue weighted by atomic mass is 10.1. The fraction of sp³-hybridized carbons (Fsp3) is 0.0625. The molecule has 7 nitrogen and oxygen atoms in total. The quantitative estimate of drug-likeness (QED) is 0.529. The number of H-pyrrole nitrogens is 2. The smallest absolute Gasteiger partial charge is 0.408 e. The third kappa shape index (κ3) is 2.28. The normalized spacial score (nSPS) is 11.2. The van der Waals surface area contributed by atoms with E-state index in [2.05, 4.69) is 20.5 Å². The van der Waals surface area contributed by atoms with Crippen molar-refractivity contribution in [3.05, 3.63) is 58.2 Å². The number of benzene rings is 2. The van der Waals surface area contributed by atoms with Crippen molar-refractivity contribution >= 4 is 33.6 Å². The molecule has 0 radical (unpaired) electrons. The van der Waals surface area contributed by atoms with Crippen molar-refractivity contribution < 1.29 is 9.21 Å². The largest absolute Gasteiger partial charge is 0.417 e. The second-order valence-electron chi connectivity index (χ2n) is 5.30. The van der Waals surface area contributed by atoms with Crippen molar-refractivity contribution in [1.82, 2.24) is 15.2 Å². The van der Waals surface area contributed by atoms with E-state index >= 15 is 0 Å². The zero-order chi connectivity index (χ0) is 16.0. The van der Waals surface area contributed by atoms with Crippen LogP contribution in [0.2, 0.25) is 0 Å². The topological polar surface area (TPSA) is 104 Å². The molecule has 1 amide bonds. The summed E-state index contributed by atoms with van der Waals surface area (Å²) in [5.74, 6) is -0.857. The Bertz CT molecular complexity index is 1100. The highest BCUT2D eigenvalue weighted by molar-refractivity contribution is 6.11. The van der Waals surface area contributed by atoms with Crippen molar-refractivity contribution in [2.45, 2.75) is 6.92 Å². The molecular formula is C16H12N4O3. The van der Waals surface area contributed by atoms with E-state index in [1.54, 1.807) is 18.2 Å². The number of hydrogen-bond donors (Lipinski definition) is 3. The summed E-state index contributed by atoms with van der Waals surface area (Å²) in [6, 6.07) is 10.7. The van der Waals surface area contributed by atoms with E-state index in [0.717, 1.165) is 16.5 Å². The summed E-state index contributed by atoms with van der Waals surface area (Å²) in [7, 11) is 0. The second kappa shape index (κ2) is 4.84. The molecule has 2 heterocycles. The summed E-state index contributed by atoms with van der Waals surface area (Å²) < 4.78 is 4.93. The Morgan fingerprint density at radius 2 is 2.04 bits per heavy atom. The van der Waals surface area contributed by atoms with Gasteiger partial charge in [-0.3, -0.25) is 14.9 Å². The lowest BCUT2D eigenvalue weighted by molar-refractivity contribution is 0.102. The van der Waals surface area contributed by atoms with E-state index in [-0.39, 0.29) is 5.91 Å². The molecule has 3 N–H and O–H groups in total. The van der Waals surface area contributed by atoms with Gasteiger partial charge in [0.05, 0.1) is 11.0 Å². The summed E-state index contributed by atoms with van der Waals surface area (Å²) in [5.41, 5.74) is 3.68. The number of oxazole rings is 1. The summed E-state index contributed by atoms with van der Waals surface area (Å²) in [4.78, 5) is 26.2. The van der Waals surface area contributed by atoms with Crippen LogP contribution in [0.3, 0.4) is 0 Å². The Balaban J connectivity index is 1.69. The fourth-order valence-electron chi connectivity index (χ4n) is 2.52. The molecule has 0 aliphatic heterocycles. The first-order valence-corrected chi connectivity index (χ1v) is 6.99. The van der Waals surface area contributed by atoms with E-state index < -0.39 is 5.76 Å².